The maximum Gasteiger partial charge on any atom is 0.269 e. The first kappa shape index (κ1) is 25.6. The fraction of sp³-hybridized carbons (Fsp3) is 0.476. The summed E-state index contributed by atoms with van der Waals surface area (Å²) in [4.78, 5) is 23.7. The molecule has 0 saturated carbocycles. The van der Waals surface area contributed by atoms with Gasteiger partial charge in [0.1, 0.15) is 47.4 Å². The number of benzene rings is 1. The van der Waals surface area contributed by atoms with Crippen LogP contribution in [0.25, 0.3) is 11.2 Å². The van der Waals surface area contributed by atoms with Crippen LogP contribution in [0.3, 0.4) is 0 Å². The number of nitro benzene ring substituents is 1. The van der Waals surface area contributed by atoms with E-state index in [1.165, 1.54) is 24.8 Å². The van der Waals surface area contributed by atoms with Crippen LogP contribution in [-0.4, -0.2) is 82.5 Å². The van der Waals surface area contributed by atoms with Crippen molar-refractivity contribution in [3.8, 4) is 0 Å². The predicted octanol–water partition coefficient (Wildman–Crippen LogP) is 0.695. The van der Waals surface area contributed by atoms with Crippen LogP contribution in [0.1, 0.15) is 12.6 Å². The van der Waals surface area contributed by atoms with Crippen molar-refractivity contribution in [2.75, 3.05) is 35.3 Å². The highest BCUT2D eigenvalue weighted by molar-refractivity contribution is 8.01. The molecule has 0 bridgehead atoms. The summed E-state index contributed by atoms with van der Waals surface area (Å²) in [6.07, 6.45) is 0.0319. The number of aromatic nitrogens is 4. The summed E-state index contributed by atoms with van der Waals surface area (Å²) in [5.74, 6) is 3.38. The van der Waals surface area contributed by atoms with Gasteiger partial charge in [-0.05, 0) is 29.6 Å². The number of rotatable bonds is 11. The third-order valence-corrected chi connectivity index (χ3v) is 9.44. The number of nitro groups is 1. The average Bonchev–Trinajstić information content (AvgIpc) is 3.40. The molecule has 1 saturated heterocycles. The molecule has 1 aliphatic rings. The molecule has 0 radical (unpaired) electrons. The number of aliphatic hydroxyl groups is 2. The summed E-state index contributed by atoms with van der Waals surface area (Å²) >= 11 is 1.63. The molecule has 4 rings (SSSR count). The minimum Gasteiger partial charge on any atom is -0.387 e. The normalized spacial score (nSPS) is 23.1. The van der Waals surface area contributed by atoms with Crippen molar-refractivity contribution in [3.63, 3.8) is 0 Å². The molecular formula is C21H28N7O5S2+. The van der Waals surface area contributed by atoms with Gasteiger partial charge in [0.05, 0.1) is 11.3 Å². The number of non-ortho nitro benzene ring substituents is 1. The van der Waals surface area contributed by atoms with Crippen LogP contribution in [0, 0.1) is 10.1 Å². The van der Waals surface area contributed by atoms with Gasteiger partial charge in [-0.3, -0.25) is 14.7 Å². The lowest BCUT2D eigenvalue weighted by atomic mass is 10.1. The number of nitrogens with two attached hydrogens (primary N) is 2. The fourth-order valence-corrected chi connectivity index (χ4v) is 7.58. The van der Waals surface area contributed by atoms with Gasteiger partial charge in [-0.25, -0.2) is 15.0 Å². The lowest BCUT2D eigenvalue weighted by Crippen LogP contribution is -2.37. The van der Waals surface area contributed by atoms with Crippen molar-refractivity contribution in [2.45, 2.75) is 35.9 Å². The second kappa shape index (κ2) is 11.5. The molecule has 0 spiro atoms. The summed E-state index contributed by atoms with van der Waals surface area (Å²) in [5, 5.41) is 32.3. The van der Waals surface area contributed by atoms with E-state index in [0.717, 1.165) is 28.6 Å². The van der Waals surface area contributed by atoms with E-state index in [2.05, 4.69) is 15.0 Å². The van der Waals surface area contributed by atoms with Gasteiger partial charge >= 0.3 is 0 Å². The number of ether oxygens (including phenoxy) is 1. The Labute approximate surface area is 208 Å². The van der Waals surface area contributed by atoms with Crippen molar-refractivity contribution < 1.29 is 19.9 Å². The minimum absolute atomic E-state index is 0.0670. The molecule has 3 heterocycles. The molecule has 12 nitrogen and oxygen atoms in total. The van der Waals surface area contributed by atoms with Gasteiger partial charge in [0.2, 0.25) is 0 Å². The third-order valence-electron chi connectivity index (χ3n) is 5.72. The van der Waals surface area contributed by atoms with Gasteiger partial charge in [-0.2, -0.15) is 0 Å². The van der Waals surface area contributed by atoms with E-state index >= 15 is 0 Å². The number of nitrogen functional groups attached to an aromatic ring is 1. The Morgan fingerprint density at radius 3 is 2.66 bits per heavy atom. The number of fused-ring (bicyclic) bond motifs is 1. The Bertz CT molecular complexity index is 1150. The average molecular weight is 523 g/mol. The first-order valence-corrected chi connectivity index (χ1v) is 13.8. The zero-order valence-electron chi connectivity index (χ0n) is 18.8. The van der Waals surface area contributed by atoms with E-state index in [-0.39, 0.29) is 22.4 Å². The first-order valence-electron chi connectivity index (χ1n) is 11.0. The molecule has 0 aliphatic carbocycles. The molecule has 6 N–H and O–H groups in total. The van der Waals surface area contributed by atoms with Crippen LogP contribution in [0.4, 0.5) is 11.5 Å². The number of hydrogen-bond donors (Lipinski definition) is 4. The Kier molecular flexibility index (Phi) is 8.41. The van der Waals surface area contributed by atoms with E-state index in [0.29, 0.717) is 23.5 Å². The Balaban J connectivity index is 1.39. The summed E-state index contributed by atoms with van der Waals surface area (Å²) in [7, 11) is -0.103. The minimum atomic E-state index is -1.15. The molecule has 188 valence electrons. The molecule has 2 unspecified atom stereocenters. The highest BCUT2D eigenvalue weighted by atomic mass is 32.2. The molecule has 1 fully saturated rings. The Morgan fingerprint density at radius 1 is 1.17 bits per heavy atom. The van der Waals surface area contributed by atoms with E-state index in [4.69, 9.17) is 16.2 Å². The van der Waals surface area contributed by atoms with Gasteiger partial charge in [-0.15, -0.1) is 11.8 Å². The van der Waals surface area contributed by atoms with E-state index < -0.39 is 29.5 Å². The zero-order chi connectivity index (χ0) is 24.9. The monoisotopic (exact) mass is 522 g/mol. The lowest BCUT2D eigenvalue weighted by Gasteiger charge is -2.17. The molecule has 2 aromatic heterocycles. The molecule has 0 amide bonds. The summed E-state index contributed by atoms with van der Waals surface area (Å²) in [5.41, 5.74) is 12.5. The Morgan fingerprint density at radius 2 is 1.94 bits per heavy atom. The number of thioether (sulfide) groups is 1. The quantitative estimate of drug-likeness (QED) is 0.120. The van der Waals surface area contributed by atoms with Crippen molar-refractivity contribution >= 4 is 45.3 Å². The third kappa shape index (κ3) is 5.85. The van der Waals surface area contributed by atoms with Crippen molar-refractivity contribution in [2.24, 2.45) is 5.73 Å². The summed E-state index contributed by atoms with van der Waals surface area (Å²) in [6, 6.07) is 6.49. The Hall–Kier alpha value is -2.49. The van der Waals surface area contributed by atoms with Crippen LogP contribution in [0.15, 0.2) is 41.8 Å². The number of anilines is 1. The van der Waals surface area contributed by atoms with Crippen molar-refractivity contribution in [3.05, 3.63) is 47.0 Å². The predicted molar refractivity (Wildman–Crippen MR) is 135 cm³/mol. The number of aliphatic hydroxyl groups excluding tert-OH is 2. The van der Waals surface area contributed by atoms with Gasteiger partial charge in [-0.1, -0.05) is 0 Å². The van der Waals surface area contributed by atoms with Crippen LogP contribution in [0.2, 0.25) is 0 Å². The lowest BCUT2D eigenvalue weighted by molar-refractivity contribution is -0.384. The smallest absolute Gasteiger partial charge is 0.269 e. The molecule has 3 aromatic rings. The second-order valence-corrected chi connectivity index (χ2v) is 11.6. The fourth-order valence-electron chi connectivity index (χ4n) is 3.88. The van der Waals surface area contributed by atoms with Crippen LogP contribution in [-0.2, 0) is 15.6 Å². The van der Waals surface area contributed by atoms with Gasteiger partial charge in [0.25, 0.3) is 5.69 Å². The summed E-state index contributed by atoms with van der Waals surface area (Å²) in [6.45, 7) is 0.570. The van der Waals surface area contributed by atoms with Gasteiger partial charge < -0.3 is 26.4 Å². The standard InChI is InChI=1S/C21H28N7O5S2/c22-6-1-8-35(9-7-34-14-4-2-13(3-5-14)28(31)32)10-15-17(29)18(30)21(33-15)27-12-26-16-19(23)24-11-25-20(16)27/h2-5,11-12,15,17-18,21,29-30H,1,6-10,22H2,(H2,23,24,25)/q+1/t15-,17+,18?,21-,35?/m1/s1. The first-order chi connectivity index (χ1) is 16.9. The largest absolute Gasteiger partial charge is 0.387 e. The van der Waals surface area contributed by atoms with E-state index in [1.807, 2.05) is 0 Å². The molecule has 5 atom stereocenters. The van der Waals surface area contributed by atoms with Crippen LogP contribution < -0.4 is 11.5 Å². The van der Waals surface area contributed by atoms with Gasteiger partial charge in [0.15, 0.2) is 17.7 Å². The molecular weight excluding hydrogens is 494 g/mol. The number of imidazole rings is 1. The highest BCUT2D eigenvalue weighted by Gasteiger charge is 2.47. The highest BCUT2D eigenvalue weighted by Crippen LogP contribution is 2.33. The maximum absolute atomic E-state index is 10.8. The van der Waals surface area contributed by atoms with Crippen molar-refractivity contribution in [1.82, 2.24) is 19.5 Å². The molecule has 1 aromatic carbocycles. The topological polar surface area (TPSA) is 188 Å². The van der Waals surface area contributed by atoms with Gasteiger partial charge in [0, 0.05) is 29.2 Å². The van der Waals surface area contributed by atoms with Crippen molar-refractivity contribution in [1.29, 1.82) is 0 Å². The SMILES string of the molecule is NCCC[S+](CCSc1ccc([N+](=O)[O-])cc1)C[C@H]1O[C@@H](n2cnc3c(N)ncnc32)C(O)[C@H]1O. The van der Waals surface area contributed by atoms with E-state index in [9.17, 15) is 20.3 Å². The molecule has 35 heavy (non-hydrogen) atoms. The molecule has 1 aliphatic heterocycles. The van der Waals surface area contributed by atoms with E-state index in [1.54, 1.807) is 28.5 Å². The summed E-state index contributed by atoms with van der Waals surface area (Å²) < 4.78 is 7.69. The molecule has 14 heteroatoms. The van der Waals surface area contributed by atoms with Crippen LogP contribution in [0.5, 0.6) is 0 Å². The number of hydrogen-bond acceptors (Lipinski definition) is 11. The number of nitrogens with zero attached hydrogens (tertiary/aromatic N) is 5. The second-order valence-electron chi connectivity index (χ2n) is 8.06. The zero-order valence-corrected chi connectivity index (χ0v) is 20.5. The van der Waals surface area contributed by atoms with Crippen LogP contribution >= 0.6 is 11.8 Å². The maximum atomic E-state index is 10.8.